The van der Waals surface area contributed by atoms with Gasteiger partial charge in [-0.15, -0.1) is 12.4 Å². The van der Waals surface area contributed by atoms with Gasteiger partial charge in [-0.3, -0.25) is 4.79 Å². The van der Waals surface area contributed by atoms with E-state index < -0.39 is 0 Å². The summed E-state index contributed by atoms with van der Waals surface area (Å²) in [6, 6.07) is 8.19. The SMILES string of the molecule is Cl.O=C(CCC1CCCCO1)N1CCNCc2ccccc21. The molecular formula is C17H25ClN2O2. The number of nitrogens with one attached hydrogen (secondary N) is 1. The van der Waals surface area contributed by atoms with Crippen molar-refractivity contribution in [1.82, 2.24) is 5.32 Å². The van der Waals surface area contributed by atoms with E-state index in [-0.39, 0.29) is 24.4 Å². The van der Waals surface area contributed by atoms with Crippen LogP contribution in [0.5, 0.6) is 0 Å². The van der Waals surface area contributed by atoms with E-state index in [0.717, 1.165) is 51.2 Å². The number of halogens is 1. The van der Waals surface area contributed by atoms with Gasteiger partial charge in [-0.05, 0) is 37.3 Å². The highest BCUT2D eigenvalue weighted by molar-refractivity contribution is 5.94. The van der Waals surface area contributed by atoms with E-state index in [4.69, 9.17) is 4.74 Å². The molecule has 122 valence electrons. The van der Waals surface area contributed by atoms with Crippen molar-refractivity contribution in [2.75, 3.05) is 24.6 Å². The highest BCUT2D eigenvalue weighted by Crippen LogP contribution is 2.24. The lowest BCUT2D eigenvalue weighted by Gasteiger charge is -2.25. The molecule has 1 atom stereocenters. The van der Waals surface area contributed by atoms with Gasteiger partial charge < -0.3 is 15.0 Å². The second-order valence-electron chi connectivity index (χ2n) is 5.88. The number of rotatable bonds is 3. The lowest BCUT2D eigenvalue weighted by molar-refractivity contribution is -0.119. The number of amides is 1. The van der Waals surface area contributed by atoms with Crippen molar-refractivity contribution in [2.45, 2.75) is 44.8 Å². The summed E-state index contributed by atoms with van der Waals surface area (Å²) in [4.78, 5) is 14.5. The van der Waals surface area contributed by atoms with Crippen molar-refractivity contribution in [1.29, 1.82) is 0 Å². The molecule has 0 radical (unpaired) electrons. The second-order valence-corrected chi connectivity index (χ2v) is 5.88. The summed E-state index contributed by atoms with van der Waals surface area (Å²) < 4.78 is 5.73. The minimum absolute atomic E-state index is 0. The van der Waals surface area contributed by atoms with Crippen LogP contribution in [0.15, 0.2) is 24.3 Å². The van der Waals surface area contributed by atoms with E-state index in [0.29, 0.717) is 6.42 Å². The maximum atomic E-state index is 12.6. The maximum Gasteiger partial charge on any atom is 0.227 e. The molecule has 5 heteroatoms. The number of hydrogen-bond donors (Lipinski definition) is 1. The molecular weight excluding hydrogens is 300 g/mol. The Balaban J connectivity index is 0.00000176. The number of ether oxygens (including phenoxy) is 1. The van der Waals surface area contributed by atoms with Crippen LogP contribution in [-0.2, 0) is 16.1 Å². The van der Waals surface area contributed by atoms with Crippen LogP contribution in [0.4, 0.5) is 5.69 Å². The van der Waals surface area contributed by atoms with Gasteiger partial charge in [0.2, 0.25) is 5.91 Å². The Hall–Kier alpha value is -1.10. The molecule has 0 aliphatic carbocycles. The van der Waals surface area contributed by atoms with Crippen LogP contribution in [-0.4, -0.2) is 31.7 Å². The summed E-state index contributed by atoms with van der Waals surface area (Å²) in [5.74, 6) is 0.223. The Morgan fingerprint density at radius 1 is 1.32 bits per heavy atom. The van der Waals surface area contributed by atoms with E-state index in [2.05, 4.69) is 17.4 Å². The van der Waals surface area contributed by atoms with E-state index >= 15 is 0 Å². The Morgan fingerprint density at radius 2 is 2.18 bits per heavy atom. The summed E-state index contributed by atoms with van der Waals surface area (Å²) in [5, 5.41) is 3.38. The quantitative estimate of drug-likeness (QED) is 0.929. The number of benzene rings is 1. The molecule has 2 aliphatic heterocycles. The van der Waals surface area contributed by atoms with Crippen LogP contribution in [0, 0.1) is 0 Å². The first-order chi connectivity index (χ1) is 10.3. The molecule has 1 N–H and O–H groups in total. The molecule has 2 aliphatic rings. The molecule has 22 heavy (non-hydrogen) atoms. The van der Waals surface area contributed by atoms with Crippen molar-refractivity contribution in [2.24, 2.45) is 0 Å². The van der Waals surface area contributed by atoms with Crippen LogP contribution in [0.25, 0.3) is 0 Å². The molecule has 1 fully saturated rings. The summed E-state index contributed by atoms with van der Waals surface area (Å²) in [5.41, 5.74) is 2.27. The fraction of sp³-hybridized carbons (Fsp3) is 0.588. The standard InChI is InChI=1S/C17H24N2O2.ClH/c20-17(9-8-15-6-3-4-12-21-15)19-11-10-18-13-14-5-1-2-7-16(14)19;/h1-2,5,7,15,18H,3-4,6,8-13H2;1H. The fourth-order valence-electron chi connectivity index (χ4n) is 3.17. The Morgan fingerprint density at radius 3 is 3.00 bits per heavy atom. The molecule has 1 unspecified atom stereocenters. The summed E-state index contributed by atoms with van der Waals surface area (Å²) in [6.45, 7) is 3.29. The third-order valence-electron chi connectivity index (χ3n) is 4.37. The van der Waals surface area contributed by atoms with Crippen molar-refractivity contribution in [3.8, 4) is 0 Å². The normalized spacial score (nSPS) is 21.5. The van der Waals surface area contributed by atoms with Gasteiger partial charge >= 0.3 is 0 Å². The summed E-state index contributed by atoms with van der Waals surface area (Å²) >= 11 is 0. The monoisotopic (exact) mass is 324 g/mol. The van der Waals surface area contributed by atoms with Crippen molar-refractivity contribution in [3.63, 3.8) is 0 Å². The Bertz CT molecular complexity index is 489. The molecule has 1 aromatic carbocycles. The van der Waals surface area contributed by atoms with Crippen LogP contribution in [0.2, 0.25) is 0 Å². The highest BCUT2D eigenvalue weighted by Gasteiger charge is 2.22. The zero-order chi connectivity index (χ0) is 14.5. The van der Waals surface area contributed by atoms with Crippen LogP contribution in [0.3, 0.4) is 0 Å². The molecule has 1 amide bonds. The molecule has 2 heterocycles. The Labute approximate surface area is 138 Å². The largest absolute Gasteiger partial charge is 0.378 e. The number of carbonyl (C=O) groups excluding carboxylic acids is 1. The number of fused-ring (bicyclic) bond motifs is 1. The minimum atomic E-state index is 0. The van der Waals surface area contributed by atoms with Gasteiger partial charge in [-0.1, -0.05) is 18.2 Å². The van der Waals surface area contributed by atoms with E-state index in [9.17, 15) is 4.79 Å². The number of anilines is 1. The van der Waals surface area contributed by atoms with Crippen molar-refractivity contribution < 1.29 is 9.53 Å². The minimum Gasteiger partial charge on any atom is -0.378 e. The van der Waals surface area contributed by atoms with E-state index in [1.165, 1.54) is 12.0 Å². The van der Waals surface area contributed by atoms with Crippen LogP contribution < -0.4 is 10.2 Å². The number of hydrogen-bond acceptors (Lipinski definition) is 3. The summed E-state index contributed by atoms with van der Waals surface area (Å²) in [7, 11) is 0. The lowest BCUT2D eigenvalue weighted by Crippen LogP contribution is -2.35. The molecule has 1 saturated heterocycles. The molecule has 4 nitrogen and oxygen atoms in total. The third kappa shape index (κ3) is 4.22. The zero-order valence-electron chi connectivity index (χ0n) is 12.9. The molecule has 0 saturated carbocycles. The lowest BCUT2D eigenvalue weighted by atomic mass is 10.0. The average molecular weight is 325 g/mol. The van der Waals surface area contributed by atoms with Gasteiger partial charge in [0.25, 0.3) is 0 Å². The molecule has 3 rings (SSSR count). The van der Waals surface area contributed by atoms with Gasteiger partial charge in [0.15, 0.2) is 0 Å². The second kappa shape index (κ2) is 8.51. The van der Waals surface area contributed by atoms with Gasteiger partial charge in [-0.2, -0.15) is 0 Å². The third-order valence-corrected chi connectivity index (χ3v) is 4.37. The number of nitrogens with zero attached hydrogens (tertiary/aromatic N) is 1. The fourth-order valence-corrected chi connectivity index (χ4v) is 3.17. The Kier molecular flexibility index (Phi) is 6.68. The van der Waals surface area contributed by atoms with Gasteiger partial charge in [0.1, 0.15) is 0 Å². The predicted octanol–water partition coefficient (Wildman–Crippen LogP) is 2.89. The smallest absolute Gasteiger partial charge is 0.227 e. The average Bonchev–Trinajstić information content (AvgIpc) is 2.76. The number of carbonyl (C=O) groups is 1. The molecule has 0 spiro atoms. The zero-order valence-corrected chi connectivity index (χ0v) is 13.7. The topological polar surface area (TPSA) is 41.6 Å². The highest BCUT2D eigenvalue weighted by atomic mass is 35.5. The van der Waals surface area contributed by atoms with Gasteiger partial charge in [-0.25, -0.2) is 0 Å². The summed E-state index contributed by atoms with van der Waals surface area (Å²) in [6.07, 6.45) is 5.21. The molecule has 0 bridgehead atoms. The molecule has 0 aromatic heterocycles. The van der Waals surface area contributed by atoms with Gasteiger partial charge in [0.05, 0.1) is 6.10 Å². The van der Waals surface area contributed by atoms with E-state index in [1.54, 1.807) is 0 Å². The maximum absolute atomic E-state index is 12.6. The first-order valence-corrected chi connectivity index (χ1v) is 8.05. The first-order valence-electron chi connectivity index (χ1n) is 8.05. The van der Waals surface area contributed by atoms with Crippen LogP contribution >= 0.6 is 12.4 Å². The molecule has 1 aromatic rings. The predicted molar refractivity (Wildman–Crippen MR) is 90.6 cm³/mol. The van der Waals surface area contributed by atoms with Crippen molar-refractivity contribution in [3.05, 3.63) is 29.8 Å². The van der Waals surface area contributed by atoms with Crippen LogP contribution in [0.1, 0.15) is 37.7 Å². The van der Waals surface area contributed by atoms with Crippen molar-refractivity contribution >= 4 is 24.0 Å². The van der Waals surface area contributed by atoms with E-state index in [1.807, 2.05) is 17.0 Å². The number of para-hydroxylation sites is 1. The first kappa shape index (κ1) is 17.3. The van der Waals surface area contributed by atoms with Gasteiger partial charge in [0, 0.05) is 38.3 Å².